The predicted molar refractivity (Wildman–Crippen MR) is 72.4 cm³/mol. The number of hydrogen-bond donors (Lipinski definition) is 2. The van der Waals surface area contributed by atoms with Gasteiger partial charge in [0.1, 0.15) is 0 Å². The third-order valence-electron chi connectivity index (χ3n) is 2.15. The van der Waals surface area contributed by atoms with E-state index in [-0.39, 0.29) is 4.90 Å². The lowest BCUT2D eigenvalue weighted by atomic mass is 10.1. The van der Waals surface area contributed by atoms with E-state index in [1.54, 1.807) is 24.3 Å². The van der Waals surface area contributed by atoms with Gasteiger partial charge < -0.3 is 5.73 Å². The Bertz CT molecular complexity index is 481. The lowest BCUT2D eigenvalue weighted by Gasteiger charge is -2.06. The number of nitrogens with two attached hydrogens (primary N) is 1. The molecular formula is C11H16N2O2S2. The van der Waals surface area contributed by atoms with Crippen molar-refractivity contribution < 1.29 is 8.42 Å². The van der Waals surface area contributed by atoms with E-state index < -0.39 is 10.0 Å². The smallest absolute Gasteiger partial charge is 0.240 e. The van der Waals surface area contributed by atoms with Crippen molar-refractivity contribution in [3.05, 3.63) is 29.8 Å². The van der Waals surface area contributed by atoms with Gasteiger partial charge in [-0.05, 0) is 24.1 Å². The van der Waals surface area contributed by atoms with Crippen LogP contribution >= 0.6 is 12.2 Å². The third kappa shape index (κ3) is 4.41. The van der Waals surface area contributed by atoms with E-state index in [4.69, 9.17) is 18.0 Å². The van der Waals surface area contributed by atoms with Gasteiger partial charge in [0.2, 0.25) is 10.0 Å². The van der Waals surface area contributed by atoms with E-state index in [0.717, 1.165) is 12.0 Å². The Kier molecular flexibility index (Phi) is 5.04. The van der Waals surface area contributed by atoms with Crippen LogP contribution in [0.3, 0.4) is 0 Å². The minimum absolute atomic E-state index is 0.262. The molecule has 6 heteroatoms. The van der Waals surface area contributed by atoms with Crippen LogP contribution in [-0.4, -0.2) is 20.0 Å². The molecule has 0 aromatic heterocycles. The highest BCUT2D eigenvalue weighted by Gasteiger charge is 2.12. The minimum Gasteiger partial charge on any atom is -0.393 e. The van der Waals surface area contributed by atoms with Crippen LogP contribution in [0, 0.1) is 0 Å². The quantitative estimate of drug-likeness (QED) is 0.763. The van der Waals surface area contributed by atoms with E-state index in [2.05, 4.69) is 4.72 Å². The summed E-state index contributed by atoms with van der Waals surface area (Å²) in [7, 11) is -3.38. The topological polar surface area (TPSA) is 72.2 Å². The summed E-state index contributed by atoms with van der Waals surface area (Å²) in [5, 5.41) is 0. The fourth-order valence-electron chi connectivity index (χ4n) is 1.31. The number of rotatable bonds is 6. The largest absolute Gasteiger partial charge is 0.393 e. The Balaban J connectivity index is 2.83. The molecule has 0 aliphatic carbocycles. The zero-order chi connectivity index (χ0) is 12.9. The van der Waals surface area contributed by atoms with Gasteiger partial charge in [-0.1, -0.05) is 31.3 Å². The highest BCUT2D eigenvalue weighted by Crippen LogP contribution is 2.11. The third-order valence-corrected chi connectivity index (χ3v) is 3.78. The second-order valence-electron chi connectivity index (χ2n) is 3.68. The van der Waals surface area contributed by atoms with E-state index in [9.17, 15) is 8.42 Å². The highest BCUT2D eigenvalue weighted by atomic mass is 32.2. The maximum atomic E-state index is 11.8. The van der Waals surface area contributed by atoms with Gasteiger partial charge in [-0.15, -0.1) is 0 Å². The fourth-order valence-corrected chi connectivity index (χ4v) is 2.61. The van der Waals surface area contributed by atoms with Crippen LogP contribution in [0.25, 0.3) is 0 Å². The van der Waals surface area contributed by atoms with Crippen molar-refractivity contribution in [2.45, 2.75) is 24.7 Å². The number of benzene rings is 1. The van der Waals surface area contributed by atoms with Gasteiger partial charge in [0.25, 0.3) is 0 Å². The van der Waals surface area contributed by atoms with Crippen molar-refractivity contribution in [3.8, 4) is 0 Å². The second kappa shape index (κ2) is 6.09. The van der Waals surface area contributed by atoms with Gasteiger partial charge in [0.15, 0.2) is 0 Å². The predicted octanol–water partition coefficient (Wildman–Crippen LogP) is 1.20. The summed E-state index contributed by atoms with van der Waals surface area (Å²) < 4.78 is 26.0. The van der Waals surface area contributed by atoms with Crippen LogP contribution in [0.15, 0.2) is 29.2 Å². The number of sulfonamides is 1. The molecule has 1 rings (SSSR count). The number of thiocarbonyl (C=S) groups is 1. The molecule has 0 fully saturated rings. The Morgan fingerprint density at radius 1 is 1.35 bits per heavy atom. The Hall–Kier alpha value is -0.980. The monoisotopic (exact) mass is 272 g/mol. The first-order chi connectivity index (χ1) is 7.95. The lowest BCUT2D eigenvalue weighted by molar-refractivity contribution is 0.581. The lowest BCUT2D eigenvalue weighted by Crippen LogP contribution is -2.24. The van der Waals surface area contributed by atoms with Crippen LogP contribution in [-0.2, 0) is 16.4 Å². The average molecular weight is 272 g/mol. The summed E-state index contributed by atoms with van der Waals surface area (Å²) in [6.07, 6.45) is 1.25. The second-order valence-corrected chi connectivity index (χ2v) is 5.98. The van der Waals surface area contributed by atoms with Crippen LogP contribution < -0.4 is 10.5 Å². The summed E-state index contributed by atoms with van der Waals surface area (Å²) in [5.41, 5.74) is 6.32. The Labute approximate surface area is 107 Å². The summed E-state index contributed by atoms with van der Waals surface area (Å²) in [6, 6.07) is 6.57. The van der Waals surface area contributed by atoms with E-state index in [0.29, 0.717) is 18.0 Å². The molecule has 0 saturated carbocycles. The molecule has 0 spiro atoms. The standard InChI is InChI=1S/C11H16N2O2S2/c1-2-7-13-17(14,15)10-5-3-9(4-6-10)8-11(12)16/h3-6,13H,2,7-8H2,1H3,(H2,12,16). The molecule has 0 saturated heterocycles. The van der Waals surface area contributed by atoms with Gasteiger partial charge >= 0.3 is 0 Å². The minimum atomic E-state index is -3.38. The first-order valence-electron chi connectivity index (χ1n) is 5.32. The SMILES string of the molecule is CCCNS(=O)(=O)c1ccc(CC(N)=S)cc1. The summed E-state index contributed by atoms with van der Waals surface area (Å²) in [6.45, 7) is 2.35. The molecule has 0 bridgehead atoms. The van der Waals surface area contributed by atoms with Crippen molar-refractivity contribution in [2.24, 2.45) is 5.73 Å². The van der Waals surface area contributed by atoms with E-state index in [1.165, 1.54) is 0 Å². The maximum Gasteiger partial charge on any atom is 0.240 e. The molecule has 1 aromatic rings. The van der Waals surface area contributed by atoms with Gasteiger partial charge in [0, 0.05) is 13.0 Å². The Morgan fingerprint density at radius 2 is 1.94 bits per heavy atom. The number of hydrogen-bond acceptors (Lipinski definition) is 3. The van der Waals surface area contributed by atoms with Crippen LogP contribution in [0.1, 0.15) is 18.9 Å². The first kappa shape index (κ1) is 14.1. The van der Waals surface area contributed by atoms with Crippen LogP contribution in [0.2, 0.25) is 0 Å². The van der Waals surface area contributed by atoms with Crippen LogP contribution in [0.5, 0.6) is 0 Å². The summed E-state index contributed by atoms with van der Waals surface area (Å²) in [5.74, 6) is 0. The molecule has 0 heterocycles. The molecule has 0 amide bonds. The van der Waals surface area contributed by atoms with Crippen molar-refractivity contribution >= 4 is 27.2 Å². The van der Waals surface area contributed by atoms with Crippen LogP contribution in [0.4, 0.5) is 0 Å². The van der Waals surface area contributed by atoms with Crippen molar-refractivity contribution in [1.29, 1.82) is 0 Å². The van der Waals surface area contributed by atoms with E-state index >= 15 is 0 Å². The molecule has 0 atom stereocenters. The van der Waals surface area contributed by atoms with Crippen molar-refractivity contribution in [2.75, 3.05) is 6.54 Å². The van der Waals surface area contributed by atoms with Gasteiger partial charge in [-0.3, -0.25) is 0 Å². The summed E-state index contributed by atoms with van der Waals surface area (Å²) in [4.78, 5) is 0.655. The molecule has 0 radical (unpaired) electrons. The molecule has 3 N–H and O–H groups in total. The zero-order valence-electron chi connectivity index (χ0n) is 9.64. The first-order valence-corrected chi connectivity index (χ1v) is 7.21. The average Bonchev–Trinajstić information content (AvgIpc) is 2.26. The molecule has 0 aliphatic rings. The van der Waals surface area contributed by atoms with E-state index in [1.807, 2.05) is 6.92 Å². The molecule has 17 heavy (non-hydrogen) atoms. The maximum absolute atomic E-state index is 11.8. The molecule has 94 valence electrons. The molecule has 0 aliphatic heterocycles. The van der Waals surface area contributed by atoms with Gasteiger partial charge in [-0.2, -0.15) is 0 Å². The zero-order valence-corrected chi connectivity index (χ0v) is 11.3. The molecule has 4 nitrogen and oxygen atoms in total. The van der Waals surface area contributed by atoms with Gasteiger partial charge in [-0.25, -0.2) is 13.1 Å². The highest BCUT2D eigenvalue weighted by molar-refractivity contribution is 7.89. The summed E-state index contributed by atoms with van der Waals surface area (Å²) >= 11 is 4.79. The normalized spacial score (nSPS) is 11.4. The van der Waals surface area contributed by atoms with Crippen molar-refractivity contribution in [1.82, 2.24) is 4.72 Å². The molecule has 1 aromatic carbocycles. The molecular weight excluding hydrogens is 256 g/mol. The number of nitrogens with one attached hydrogen (secondary N) is 1. The van der Waals surface area contributed by atoms with Crippen molar-refractivity contribution in [3.63, 3.8) is 0 Å². The fraction of sp³-hybridized carbons (Fsp3) is 0.364. The Morgan fingerprint density at radius 3 is 2.41 bits per heavy atom. The molecule has 0 unspecified atom stereocenters. The van der Waals surface area contributed by atoms with Gasteiger partial charge in [0.05, 0.1) is 9.88 Å².